The van der Waals surface area contributed by atoms with Crippen molar-refractivity contribution in [3.05, 3.63) is 12.4 Å². The number of hydrogen-bond donors (Lipinski definition) is 3. The first-order chi connectivity index (χ1) is 8.26. The maximum Gasteiger partial charge on any atom is 0.145 e. The van der Waals surface area contributed by atoms with Gasteiger partial charge in [-0.2, -0.15) is 0 Å². The topological polar surface area (TPSA) is 75.9 Å². The van der Waals surface area contributed by atoms with E-state index in [-0.39, 0.29) is 0 Å². The minimum Gasteiger partial charge on any atom is -0.367 e. The molecule has 1 heterocycles. The molecule has 0 bridgehead atoms. The number of nitrogens with two attached hydrogens (primary N) is 1. The highest BCUT2D eigenvalue weighted by atomic mass is 15.3. The number of unbranched alkanes of at least 4 members (excludes halogenated alkanes) is 3. The zero-order valence-corrected chi connectivity index (χ0v) is 10.7. The number of nitrogens with one attached hydrogen (secondary N) is 2. The first-order valence-corrected chi connectivity index (χ1v) is 6.31. The summed E-state index contributed by atoms with van der Waals surface area (Å²) < 4.78 is 0. The van der Waals surface area contributed by atoms with E-state index < -0.39 is 0 Å². The standard InChI is InChI=1S/C12H23N5/c1-3-4-5-6-7-10(2)16-11-8-12(17-13)15-9-14-11/h8-10H,3-7,13H2,1-2H3,(H2,14,15,16,17). The molecule has 0 aromatic carbocycles. The van der Waals surface area contributed by atoms with Gasteiger partial charge in [-0.25, -0.2) is 15.8 Å². The number of nitrogens with zero attached hydrogens (tertiary/aromatic N) is 2. The van der Waals surface area contributed by atoms with Crippen molar-refractivity contribution in [2.24, 2.45) is 5.84 Å². The lowest BCUT2D eigenvalue weighted by atomic mass is 10.1. The molecule has 0 aliphatic heterocycles. The van der Waals surface area contributed by atoms with Gasteiger partial charge in [-0.3, -0.25) is 0 Å². The average Bonchev–Trinajstić information content (AvgIpc) is 2.35. The van der Waals surface area contributed by atoms with E-state index in [1.165, 1.54) is 32.0 Å². The third-order valence-electron chi connectivity index (χ3n) is 2.70. The summed E-state index contributed by atoms with van der Waals surface area (Å²) in [5.41, 5.74) is 2.51. The molecule has 1 atom stereocenters. The molecule has 1 rings (SSSR count). The molecule has 0 amide bonds. The molecule has 1 aromatic rings. The van der Waals surface area contributed by atoms with Gasteiger partial charge in [0.05, 0.1) is 0 Å². The molecule has 0 aliphatic rings. The third-order valence-corrected chi connectivity index (χ3v) is 2.70. The molecule has 0 spiro atoms. The van der Waals surface area contributed by atoms with Gasteiger partial charge in [0, 0.05) is 12.1 Å². The molecule has 1 unspecified atom stereocenters. The number of aromatic nitrogens is 2. The van der Waals surface area contributed by atoms with Crippen molar-refractivity contribution < 1.29 is 0 Å². The van der Waals surface area contributed by atoms with Gasteiger partial charge in [-0.15, -0.1) is 0 Å². The van der Waals surface area contributed by atoms with Gasteiger partial charge in [0.1, 0.15) is 18.0 Å². The minimum atomic E-state index is 0.424. The van der Waals surface area contributed by atoms with Gasteiger partial charge in [0.25, 0.3) is 0 Å². The Hall–Kier alpha value is -1.36. The fourth-order valence-electron chi connectivity index (χ4n) is 1.72. The Labute approximate surface area is 103 Å². The zero-order valence-electron chi connectivity index (χ0n) is 10.7. The van der Waals surface area contributed by atoms with E-state index >= 15 is 0 Å². The minimum absolute atomic E-state index is 0.424. The molecule has 1 aromatic heterocycles. The maximum absolute atomic E-state index is 5.29. The van der Waals surface area contributed by atoms with Gasteiger partial charge >= 0.3 is 0 Å². The van der Waals surface area contributed by atoms with Crippen LogP contribution >= 0.6 is 0 Å². The van der Waals surface area contributed by atoms with Crippen LogP contribution in [-0.2, 0) is 0 Å². The number of nitrogen functional groups attached to an aromatic ring is 1. The molecule has 0 saturated heterocycles. The maximum atomic E-state index is 5.29. The lowest BCUT2D eigenvalue weighted by Crippen LogP contribution is -2.17. The summed E-state index contributed by atoms with van der Waals surface area (Å²) in [5, 5.41) is 3.35. The van der Waals surface area contributed by atoms with Crippen molar-refractivity contribution in [2.45, 2.75) is 52.0 Å². The summed E-state index contributed by atoms with van der Waals surface area (Å²) in [7, 11) is 0. The van der Waals surface area contributed by atoms with Crippen molar-refractivity contribution in [2.75, 3.05) is 10.7 Å². The largest absolute Gasteiger partial charge is 0.367 e. The van der Waals surface area contributed by atoms with Crippen molar-refractivity contribution in [1.29, 1.82) is 0 Å². The Kier molecular flexibility index (Phi) is 6.32. The molecule has 5 nitrogen and oxygen atoms in total. The summed E-state index contributed by atoms with van der Waals surface area (Å²) >= 11 is 0. The van der Waals surface area contributed by atoms with Gasteiger partial charge in [0.15, 0.2) is 0 Å². The molecule has 0 saturated carbocycles. The highest BCUT2D eigenvalue weighted by Gasteiger charge is 2.03. The molecule has 5 heteroatoms. The highest BCUT2D eigenvalue weighted by molar-refractivity contribution is 5.45. The lowest BCUT2D eigenvalue weighted by Gasteiger charge is -2.14. The Bertz CT molecular complexity index is 316. The van der Waals surface area contributed by atoms with E-state index in [1.807, 2.05) is 6.07 Å². The number of hydrazine groups is 1. The van der Waals surface area contributed by atoms with Gasteiger partial charge < -0.3 is 10.7 Å². The number of hydrogen-bond acceptors (Lipinski definition) is 5. The quantitative estimate of drug-likeness (QED) is 0.368. The second kappa shape index (κ2) is 7.84. The van der Waals surface area contributed by atoms with Crippen LogP contribution in [0, 0.1) is 0 Å². The predicted octanol–water partition coefficient (Wildman–Crippen LogP) is 2.53. The van der Waals surface area contributed by atoms with Crippen molar-refractivity contribution in [3.63, 3.8) is 0 Å². The summed E-state index contributed by atoms with van der Waals surface area (Å²) in [5.74, 6) is 6.74. The van der Waals surface area contributed by atoms with E-state index in [2.05, 4.69) is 34.6 Å². The molecule has 0 aliphatic carbocycles. The molecule has 96 valence electrons. The Morgan fingerprint density at radius 1 is 1.24 bits per heavy atom. The second-order valence-electron chi connectivity index (χ2n) is 4.33. The van der Waals surface area contributed by atoms with E-state index in [1.54, 1.807) is 0 Å². The Morgan fingerprint density at radius 2 is 2.00 bits per heavy atom. The second-order valence-corrected chi connectivity index (χ2v) is 4.33. The molecule has 0 fully saturated rings. The van der Waals surface area contributed by atoms with Crippen LogP contribution in [0.1, 0.15) is 46.0 Å². The zero-order chi connectivity index (χ0) is 12.5. The van der Waals surface area contributed by atoms with Crippen molar-refractivity contribution >= 4 is 11.6 Å². The lowest BCUT2D eigenvalue weighted by molar-refractivity contribution is 0.593. The highest BCUT2D eigenvalue weighted by Crippen LogP contribution is 2.12. The fourth-order valence-corrected chi connectivity index (χ4v) is 1.72. The van der Waals surface area contributed by atoms with Crippen molar-refractivity contribution in [3.8, 4) is 0 Å². The Morgan fingerprint density at radius 3 is 2.71 bits per heavy atom. The van der Waals surface area contributed by atoms with Crippen LogP contribution in [0.4, 0.5) is 11.6 Å². The van der Waals surface area contributed by atoms with E-state index in [0.29, 0.717) is 11.9 Å². The van der Waals surface area contributed by atoms with Crippen LogP contribution in [0.15, 0.2) is 12.4 Å². The summed E-state index contributed by atoms with van der Waals surface area (Å²) in [6.07, 6.45) is 7.83. The molecule has 0 radical (unpaired) electrons. The smallest absolute Gasteiger partial charge is 0.145 e. The summed E-state index contributed by atoms with van der Waals surface area (Å²) in [6.45, 7) is 4.40. The van der Waals surface area contributed by atoms with Gasteiger partial charge in [-0.05, 0) is 13.3 Å². The summed E-state index contributed by atoms with van der Waals surface area (Å²) in [4.78, 5) is 8.12. The van der Waals surface area contributed by atoms with Crippen LogP contribution < -0.4 is 16.6 Å². The molecular formula is C12H23N5. The SMILES string of the molecule is CCCCCCC(C)Nc1cc(NN)ncn1. The van der Waals surface area contributed by atoms with E-state index in [9.17, 15) is 0 Å². The molecule has 17 heavy (non-hydrogen) atoms. The molecule has 4 N–H and O–H groups in total. The average molecular weight is 237 g/mol. The monoisotopic (exact) mass is 237 g/mol. The van der Waals surface area contributed by atoms with E-state index in [4.69, 9.17) is 5.84 Å². The van der Waals surface area contributed by atoms with Crippen LogP contribution in [0.25, 0.3) is 0 Å². The normalized spacial score (nSPS) is 12.2. The van der Waals surface area contributed by atoms with Crippen LogP contribution in [-0.4, -0.2) is 16.0 Å². The first-order valence-electron chi connectivity index (χ1n) is 6.31. The fraction of sp³-hybridized carbons (Fsp3) is 0.667. The van der Waals surface area contributed by atoms with Crippen LogP contribution in [0.3, 0.4) is 0 Å². The molecular weight excluding hydrogens is 214 g/mol. The summed E-state index contributed by atoms with van der Waals surface area (Å²) in [6, 6.07) is 2.23. The predicted molar refractivity (Wildman–Crippen MR) is 71.7 cm³/mol. The first kappa shape index (κ1) is 13.7. The van der Waals surface area contributed by atoms with Gasteiger partial charge in [-0.1, -0.05) is 32.6 Å². The number of anilines is 2. The third kappa shape index (κ3) is 5.49. The number of rotatable bonds is 8. The van der Waals surface area contributed by atoms with Crippen LogP contribution in [0.2, 0.25) is 0 Å². The van der Waals surface area contributed by atoms with E-state index in [0.717, 1.165) is 12.2 Å². The Balaban J connectivity index is 2.31. The van der Waals surface area contributed by atoms with Crippen LogP contribution in [0.5, 0.6) is 0 Å². The van der Waals surface area contributed by atoms with Gasteiger partial charge in [0.2, 0.25) is 0 Å². The van der Waals surface area contributed by atoms with Crippen molar-refractivity contribution in [1.82, 2.24) is 9.97 Å².